The standard InChI is InChI=1S/C31H35N5O3/c1-19-12-22-14-31(24-10-7-11-33-27(24)35-28(31)38)15-23(22)13-25(19)34-26(37)18-36(29(39)30(2,3)4)17-21-9-6-5-8-20(21)16-32/h5-13H,14-18,32H2,1-4H3,(H,34,37)(H,33,35,38). The molecule has 2 aromatic carbocycles. The van der Waals surface area contributed by atoms with Gasteiger partial charge in [-0.2, -0.15) is 0 Å². The van der Waals surface area contributed by atoms with Gasteiger partial charge in [-0.1, -0.05) is 57.2 Å². The lowest BCUT2D eigenvalue weighted by Crippen LogP contribution is -2.43. The Bertz CT molecular complexity index is 1480. The minimum absolute atomic E-state index is 0.0373. The third-order valence-corrected chi connectivity index (χ3v) is 7.76. The molecule has 1 spiro atoms. The van der Waals surface area contributed by atoms with Crippen LogP contribution in [-0.2, 0) is 45.7 Å². The summed E-state index contributed by atoms with van der Waals surface area (Å²) in [6.07, 6.45) is 2.82. The van der Waals surface area contributed by atoms with Gasteiger partial charge in [-0.3, -0.25) is 14.4 Å². The van der Waals surface area contributed by atoms with E-state index in [0.29, 0.717) is 37.4 Å². The largest absolute Gasteiger partial charge is 0.329 e. The summed E-state index contributed by atoms with van der Waals surface area (Å²) in [5.41, 5.74) is 11.1. The average molecular weight is 526 g/mol. The van der Waals surface area contributed by atoms with Gasteiger partial charge in [0, 0.05) is 36.0 Å². The predicted octanol–water partition coefficient (Wildman–Crippen LogP) is 3.85. The second kappa shape index (κ2) is 9.93. The van der Waals surface area contributed by atoms with Gasteiger partial charge in [-0.25, -0.2) is 4.98 Å². The smallest absolute Gasteiger partial charge is 0.244 e. The first-order chi connectivity index (χ1) is 18.5. The second-order valence-electron chi connectivity index (χ2n) is 11.7. The number of nitrogens with one attached hydrogen (secondary N) is 2. The van der Waals surface area contributed by atoms with Gasteiger partial charge in [0.2, 0.25) is 17.7 Å². The van der Waals surface area contributed by atoms with E-state index < -0.39 is 10.8 Å². The molecule has 2 heterocycles. The molecule has 0 radical (unpaired) electrons. The Balaban J connectivity index is 1.36. The van der Waals surface area contributed by atoms with Gasteiger partial charge in [0.1, 0.15) is 12.4 Å². The van der Waals surface area contributed by atoms with Gasteiger partial charge >= 0.3 is 0 Å². The molecule has 39 heavy (non-hydrogen) atoms. The number of pyridine rings is 1. The molecule has 0 fully saturated rings. The first kappa shape index (κ1) is 26.6. The normalized spacial score (nSPS) is 17.5. The number of nitrogens with two attached hydrogens (primary N) is 1. The summed E-state index contributed by atoms with van der Waals surface area (Å²) in [5.74, 6) is 0.198. The number of anilines is 2. The number of nitrogens with zero attached hydrogens (tertiary/aromatic N) is 2. The third-order valence-electron chi connectivity index (χ3n) is 7.76. The van der Waals surface area contributed by atoms with Crippen LogP contribution >= 0.6 is 0 Å². The summed E-state index contributed by atoms with van der Waals surface area (Å²) in [4.78, 5) is 45.6. The summed E-state index contributed by atoms with van der Waals surface area (Å²) in [7, 11) is 0. The van der Waals surface area contributed by atoms with Crippen LogP contribution in [0.2, 0.25) is 0 Å². The van der Waals surface area contributed by atoms with E-state index >= 15 is 0 Å². The molecule has 1 aliphatic carbocycles. The molecule has 1 aliphatic heterocycles. The number of hydrogen-bond acceptors (Lipinski definition) is 5. The minimum Gasteiger partial charge on any atom is -0.329 e. The van der Waals surface area contributed by atoms with E-state index in [4.69, 9.17) is 5.73 Å². The molecule has 3 amide bonds. The Morgan fingerprint density at radius 1 is 1.08 bits per heavy atom. The Morgan fingerprint density at radius 2 is 1.77 bits per heavy atom. The van der Waals surface area contributed by atoms with Crippen LogP contribution in [-0.4, -0.2) is 34.2 Å². The zero-order valence-electron chi connectivity index (χ0n) is 22.9. The Hall–Kier alpha value is -4.04. The first-order valence-corrected chi connectivity index (χ1v) is 13.3. The van der Waals surface area contributed by atoms with E-state index in [1.165, 1.54) is 0 Å². The van der Waals surface area contributed by atoms with E-state index in [1.54, 1.807) is 11.1 Å². The Morgan fingerprint density at radius 3 is 2.46 bits per heavy atom. The van der Waals surface area contributed by atoms with Crippen molar-refractivity contribution in [1.29, 1.82) is 0 Å². The SMILES string of the molecule is Cc1cc2c(cc1NC(=O)CN(Cc1ccccc1CN)C(=O)C(C)(C)C)CC1(C2)C(=O)Nc2ncccc21. The Kier molecular flexibility index (Phi) is 6.76. The quantitative estimate of drug-likeness (QED) is 0.452. The van der Waals surface area contributed by atoms with Crippen molar-refractivity contribution in [2.24, 2.45) is 11.1 Å². The van der Waals surface area contributed by atoms with E-state index in [1.807, 2.05) is 70.2 Å². The van der Waals surface area contributed by atoms with Crippen molar-refractivity contribution in [3.63, 3.8) is 0 Å². The number of carbonyl (C=O) groups is 3. The third kappa shape index (κ3) is 4.92. The predicted molar refractivity (Wildman–Crippen MR) is 151 cm³/mol. The molecular weight excluding hydrogens is 490 g/mol. The molecule has 1 atom stereocenters. The van der Waals surface area contributed by atoms with Gasteiger partial charge in [0.25, 0.3) is 0 Å². The molecule has 5 rings (SSSR count). The van der Waals surface area contributed by atoms with Crippen molar-refractivity contribution in [2.45, 2.75) is 59.0 Å². The first-order valence-electron chi connectivity index (χ1n) is 13.3. The molecule has 2 aliphatic rings. The van der Waals surface area contributed by atoms with E-state index in [9.17, 15) is 14.4 Å². The van der Waals surface area contributed by atoms with Gasteiger partial charge in [-0.05, 0) is 59.7 Å². The lowest BCUT2D eigenvalue weighted by molar-refractivity contribution is -0.142. The molecule has 1 unspecified atom stereocenters. The van der Waals surface area contributed by atoms with Crippen LogP contribution in [0.5, 0.6) is 0 Å². The van der Waals surface area contributed by atoms with E-state index in [0.717, 1.165) is 33.4 Å². The van der Waals surface area contributed by atoms with Gasteiger partial charge in [0.15, 0.2) is 0 Å². The number of fused-ring (bicyclic) bond motifs is 3. The molecule has 0 saturated heterocycles. The van der Waals surface area contributed by atoms with Crippen molar-refractivity contribution < 1.29 is 14.4 Å². The topological polar surface area (TPSA) is 117 Å². The van der Waals surface area contributed by atoms with Crippen molar-refractivity contribution in [2.75, 3.05) is 17.2 Å². The van der Waals surface area contributed by atoms with Crippen molar-refractivity contribution in [3.05, 3.63) is 88.1 Å². The van der Waals surface area contributed by atoms with Crippen molar-refractivity contribution in [3.8, 4) is 0 Å². The maximum Gasteiger partial charge on any atom is 0.244 e. The molecule has 4 N–H and O–H groups in total. The number of hydrogen-bond donors (Lipinski definition) is 3. The average Bonchev–Trinajstić information content (AvgIpc) is 3.39. The van der Waals surface area contributed by atoms with Crippen LogP contribution in [0.1, 0.15) is 54.2 Å². The number of aromatic nitrogens is 1. The van der Waals surface area contributed by atoms with Gasteiger partial charge in [-0.15, -0.1) is 0 Å². The van der Waals surface area contributed by atoms with Crippen LogP contribution in [0.25, 0.3) is 0 Å². The Labute approximate surface area is 229 Å². The van der Waals surface area contributed by atoms with Crippen LogP contribution in [0.4, 0.5) is 11.5 Å². The summed E-state index contributed by atoms with van der Waals surface area (Å²) in [5, 5.41) is 5.96. The number of benzene rings is 2. The highest BCUT2D eigenvalue weighted by atomic mass is 16.2. The molecule has 8 heteroatoms. The fraction of sp³-hybridized carbons (Fsp3) is 0.355. The summed E-state index contributed by atoms with van der Waals surface area (Å²) in [6.45, 7) is 8.06. The number of amides is 3. The maximum absolute atomic E-state index is 13.3. The second-order valence-corrected chi connectivity index (χ2v) is 11.7. The fourth-order valence-corrected chi connectivity index (χ4v) is 5.73. The number of carbonyl (C=O) groups excluding carboxylic acids is 3. The zero-order chi connectivity index (χ0) is 27.9. The number of aryl methyl sites for hydroxylation is 1. The van der Waals surface area contributed by atoms with Gasteiger partial charge < -0.3 is 21.3 Å². The van der Waals surface area contributed by atoms with Crippen LogP contribution in [0.3, 0.4) is 0 Å². The van der Waals surface area contributed by atoms with Crippen molar-refractivity contribution in [1.82, 2.24) is 9.88 Å². The van der Waals surface area contributed by atoms with Crippen molar-refractivity contribution >= 4 is 29.2 Å². The molecule has 0 bridgehead atoms. The highest BCUT2D eigenvalue weighted by Gasteiger charge is 2.51. The summed E-state index contributed by atoms with van der Waals surface area (Å²) in [6, 6.07) is 15.6. The molecule has 202 valence electrons. The van der Waals surface area contributed by atoms with Crippen LogP contribution in [0.15, 0.2) is 54.7 Å². The molecule has 8 nitrogen and oxygen atoms in total. The monoisotopic (exact) mass is 525 g/mol. The highest BCUT2D eigenvalue weighted by molar-refractivity contribution is 6.06. The summed E-state index contributed by atoms with van der Waals surface area (Å²) < 4.78 is 0. The zero-order valence-corrected chi connectivity index (χ0v) is 22.9. The van der Waals surface area contributed by atoms with Crippen LogP contribution < -0.4 is 16.4 Å². The minimum atomic E-state index is -0.673. The molecular formula is C31H35N5O3. The lowest BCUT2D eigenvalue weighted by Gasteiger charge is -2.30. The highest BCUT2D eigenvalue weighted by Crippen LogP contribution is 2.47. The van der Waals surface area contributed by atoms with Crippen LogP contribution in [0, 0.1) is 12.3 Å². The van der Waals surface area contributed by atoms with E-state index in [2.05, 4.69) is 21.7 Å². The number of rotatable bonds is 6. The van der Waals surface area contributed by atoms with E-state index in [-0.39, 0.29) is 24.3 Å². The lowest BCUT2D eigenvalue weighted by atomic mass is 9.79. The molecule has 3 aromatic rings. The summed E-state index contributed by atoms with van der Waals surface area (Å²) >= 11 is 0. The molecule has 1 aromatic heterocycles. The van der Waals surface area contributed by atoms with Gasteiger partial charge in [0.05, 0.1) is 5.41 Å². The molecule has 0 saturated carbocycles. The maximum atomic E-state index is 13.3. The fourth-order valence-electron chi connectivity index (χ4n) is 5.73.